The second-order valence-corrected chi connectivity index (χ2v) is 10.2. The molecule has 2 aromatic carbocycles. The fourth-order valence-corrected chi connectivity index (χ4v) is 6.02. The quantitative estimate of drug-likeness (QED) is 0.437. The Morgan fingerprint density at radius 2 is 1.86 bits per heavy atom. The highest BCUT2D eigenvalue weighted by Crippen LogP contribution is 2.47. The fraction of sp³-hybridized carbons (Fsp3) is 0.200. The van der Waals surface area contributed by atoms with Gasteiger partial charge in [0.1, 0.15) is 11.6 Å². The zero-order chi connectivity index (χ0) is 25.1. The molecular formula is C30H25N5O2. The van der Waals surface area contributed by atoms with Gasteiger partial charge in [0.25, 0.3) is 5.91 Å². The van der Waals surface area contributed by atoms with E-state index in [1.54, 1.807) is 24.5 Å². The van der Waals surface area contributed by atoms with E-state index in [-0.39, 0.29) is 11.8 Å². The monoisotopic (exact) mass is 487 g/mol. The van der Waals surface area contributed by atoms with Crippen LogP contribution >= 0.6 is 0 Å². The highest BCUT2D eigenvalue weighted by Gasteiger charge is 2.51. The van der Waals surface area contributed by atoms with Gasteiger partial charge in [0.05, 0.1) is 5.41 Å². The van der Waals surface area contributed by atoms with Gasteiger partial charge in [-0.05, 0) is 79.3 Å². The maximum Gasteiger partial charge on any atom is 0.258 e. The van der Waals surface area contributed by atoms with Crippen LogP contribution in [-0.2, 0) is 29.5 Å². The second kappa shape index (κ2) is 8.00. The molecular weight excluding hydrogens is 462 g/mol. The van der Waals surface area contributed by atoms with Gasteiger partial charge in [-0.1, -0.05) is 29.8 Å². The van der Waals surface area contributed by atoms with Gasteiger partial charge < -0.3 is 15.5 Å². The number of nitrogens with one attached hydrogen (secondary N) is 2. The van der Waals surface area contributed by atoms with E-state index >= 15 is 0 Å². The molecule has 2 aliphatic heterocycles. The van der Waals surface area contributed by atoms with Crippen molar-refractivity contribution in [3.63, 3.8) is 0 Å². The van der Waals surface area contributed by atoms with Crippen molar-refractivity contribution in [1.82, 2.24) is 9.97 Å². The van der Waals surface area contributed by atoms with Crippen molar-refractivity contribution in [2.75, 3.05) is 22.1 Å². The van der Waals surface area contributed by atoms with Crippen molar-refractivity contribution in [2.24, 2.45) is 0 Å². The first-order chi connectivity index (χ1) is 18.0. The van der Waals surface area contributed by atoms with Crippen molar-refractivity contribution in [1.29, 1.82) is 0 Å². The summed E-state index contributed by atoms with van der Waals surface area (Å²) in [6.45, 7) is 2.75. The summed E-state index contributed by atoms with van der Waals surface area (Å²) in [7, 11) is 0. The Labute approximate surface area is 214 Å². The third-order valence-corrected chi connectivity index (χ3v) is 7.84. The Kier molecular flexibility index (Phi) is 4.70. The molecule has 2 amide bonds. The molecule has 7 heteroatoms. The van der Waals surface area contributed by atoms with Gasteiger partial charge >= 0.3 is 0 Å². The lowest BCUT2D eigenvalue weighted by atomic mass is 9.79. The van der Waals surface area contributed by atoms with E-state index in [1.807, 2.05) is 35.2 Å². The highest BCUT2D eigenvalue weighted by atomic mass is 16.2. The number of fused-ring (bicyclic) bond motifs is 4. The number of nitrogens with zero attached hydrogens (tertiary/aromatic N) is 3. The Hall–Kier alpha value is -4.52. The summed E-state index contributed by atoms with van der Waals surface area (Å²) in [5.41, 5.74) is 7.55. The summed E-state index contributed by atoms with van der Waals surface area (Å²) in [6.07, 6.45) is 5.52. The molecule has 37 heavy (non-hydrogen) atoms. The number of rotatable bonds is 3. The minimum atomic E-state index is -0.598. The first-order valence-corrected chi connectivity index (χ1v) is 12.5. The third-order valence-electron chi connectivity index (χ3n) is 7.84. The van der Waals surface area contributed by atoms with Crippen molar-refractivity contribution in [3.05, 3.63) is 106 Å². The van der Waals surface area contributed by atoms with Gasteiger partial charge in [-0.15, -0.1) is 0 Å². The summed E-state index contributed by atoms with van der Waals surface area (Å²) < 4.78 is 0. The molecule has 182 valence electrons. The largest absolute Gasteiger partial charge is 0.340 e. The lowest BCUT2D eigenvalue weighted by Crippen LogP contribution is -2.35. The molecule has 0 radical (unpaired) electrons. The van der Waals surface area contributed by atoms with Crippen LogP contribution in [0.3, 0.4) is 0 Å². The van der Waals surface area contributed by atoms with Crippen molar-refractivity contribution < 1.29 is 9.59 Å². The third kappa shape index (κ3) is 3.42. The number of aromatic nitrogens is 2. The molecule has 1 aliphatic carbocycles. The molecule has 0 bridgehead atoms. The molecule has 3 aliphatic rings. The normalized spacial score (nSPS) is 18.9. The minimum absolute atomic E-state index is 0.0124. The second-order valence-electron chi connectivity index (χ2n) is 10.2. The van der Waals surface area contributed by atoms with E-state index in [0.717, 1.165) is 34.5 Å². The summed E-state index contributed by atoms with van der Waals surface area (Å²) in [6, 6.07) is 19.8. The lowest BCUT2D eigenvalue weighted by molar-refractivity contribution is -0.120. The number of hydrogen-bond donors (Lipinski definition) is 2. The van der Waals surface area contributed by atoms with Crippen LogP contribution in [0.15, 0.2) is 73.1 Å². The molecule has 7 rings (SSSR count). The number of amides is 2. The Morgan fingerprint density at radius 1 is 0.973 bits per heavy atom. The molecule has 4 heterocycles. The Balaban J connectivity index is 1.13. The van der Waals surface area contributed by atoms with Gasteiger partial charge in [-0.3, -0.25) is 9.59 Å². The number of carbonyl (C=O) groups is 2. The van der Waals surface area contributed by atoms with Crippen molar-refractivity contribution in [3.8, 4) is 0 Å². The maximum absolute atomic E-state index is 13.4. The number of aryl methyl sites for hydroxylation is 1. The molecule has 4 aromatic rings. The van der Waals surface area contributed by atoms with E-state index in [9.17, 15) is 9.59 Å². The van der Waals surface area contributed by atoms with Gasteiger partial charge in [-0.2, -0.15) is 0 Å². The number of hydrogen-bond acceptors (Lipinski definition) is 5. The molecule has 1 atom stereocenters. The van der Waals surface area contributed by atoms with Crippen LogP contribution in [0.5, 0.6) is 0 Å². The predicted octanol–water partition coefficient (Wildman–Crippen LogP) is 4.72. The molecule has 0 fully saturated rings. The smallest absolute Gasteiger partial charge is 0.258 e. The first kappa shape index (κ1) is 21.7. The van der Waals surface area contributed by atoms with E-state index in [2.05, 4.69) is 45.7 Å². The molecule has 7 nitrogen and oxygen atoms in total. The van der Waals surface area contributed by atoms with Crippen LogP contribution in [0.25, 0.3) is 0 Å². The summed E-state index contributed by atoms with van der Waals surface area (Å²) in [5, 5.41) is 6.32. The van der Waals surface area contributed by atoms with Crippen LogP contribution in [0.2, 0.25) is 0 Å². The Bertz CT molecular complexity index is 1610. The van der Waals surface area contributed by atoms with Crippen LogP contribution in [0, 0.1) is 6.92 Å². The van der Waals surface area contributed by atoms with E-state index in [0.29, 0.717) is 36.6 Å². The molecule has 0 saturated carbocycles. The summed E-state index contributed by atoms with van der Waals surface area (Å²) in [5.74, 6) is 1.26. The number of benzene rings is 2. The van der Waals surface area contributed by atoms with Gasteiger partial charge in [0.2, 0.25) is 5.91 Å². The average molecular weight is 488 g/mol. The van der Waals surface area contributed by atoms with Crippen molar-refractivity contribution in [2.45, 2.75) is 31.6 Å². The van der Waals surface area contributed by atoms with Crippen LogP contribution in [0.1, 0.15) is 38.2 Å². The van der Waals surface area contributed by atoms with Crippen LogP contribution < -0.4 is 15.5 Å². The van der Waals surface area contributed by atoms with Crippen LogP contribution in [0.4, 0.5) is 23.0 Å². The zero-order valence-corrected chi connectivity index (χ0v) is 20.4. The molecule has 1 spiro atoms. The molecule has 1 unspecified atom stereocenters. The Morgan fingerprint density at radius 3 is 2.78 bits per heavy atom. The molecule has 0 saturated heterocycles. The van der Waals surface area contributed by atoms with E-state index in [1.165, 1.54) is 11.1 Å². The van der Waals surface area contributed by atoms with Crippen molar-refractivity contribution >= 4 is 34.8 Å². The van der Waals surface area contributed by atoms with E-state index in [4.69, 9.17) is 0 Å². The number of carbonyl (C=O) groups excluding carboxylic acids is 2. The maximum atomic E-state index is 13.4. The summed E-state index contributed by atoms with van der Waals surface area (Å²) in [4.78, 5) is 37.0. The molecule has 2 aromatic heterocycles. The number of anilines is 4. The SMILES string of the molecule is Cc1ccc2c(c1)CCN2C(=O)c1ccnc(Nc2ccc3c(c2)CC2(C3)C(=O)Nc3ncccc32)c1. The lowest BCUT2D eigenvalue weighted by Gasteiger charge is -2.20. The number of pyridine rings is 2. The standard InChI is InChI=1S/C30H25N5O2/c1-18-4-7-25-19(13-18)9-12-35(25)28(36)20-8-11-31-26(15-20)33-23-6-5-21-16-30(17-22(21)14-23)24-3-2-10-32-27(24)34-29(30)37/h2-8,10-11,13-15H,9,12,16-17H2,1H3,(H,31,33)(H,32,34,37). The first-order valence-electron chi connectivity index (χ1n) is 12.5. The summed E-state index contributed by atoms with van der Waals surface area (Å²) >= 11 is 0. The highest BCUT2D eigenvalue weighted by molar-refractivity contribution is 6.08. The molecule has 2 N–H and O–H groups in total. The topological polar surface area (TPSA) is 87.2 Å². The minimum Gasteiger partial charge on any atom is -0.340 e. The average Bonchev–Trinajstić information content (AvgIpc) is 3.57. The van der Waals surface area contributed by atoms with Gasteiger partial charge in [-0.25, -0.2) is 9.97 Å². The zero-order valence-electron chi connectivity index (χ0n) is 20.4. The fourth-order valence-electron chi connectivity index (χ4n) is 6.02. The van der Waals surface area contributed by atoms with Gasteiger partial charge in [0, 0.05) is 41.4 Å². The predicted molar refractivity (Wildman–Crippen MR) is 142 cm³/mol. The van der Waals surface area contributed by atoms with Gasteiger partial charge in [0.15, 0.2) is 0 Å². The van der Waals surface area contributed by atoms with E-state index < -0.39 is 5.41 Å². The van der Waals surface area contributed by atoms with Crippen LogP contribution in [-0.4, -0.2) is 28.3 Å².